The molecule has 0 saturated carbocycles. The van der Waals surface area contributed by atoms with Gasteiger partial charge in [0.25, 0.3) is 0 Å². The summed E-state index contributed by atoms with van der Waals surface area (Å²) in [6.45, 7) is 0. The van der Waals surface area contributed by atoms with E-state index >= 15 is 0 Å². The van der Waals surface area contributed by atoms with Gasteiger partial charge in [0.1, 0.15) is 0 Å². The molecule has 0 fully saturated rings. The fourth-order valence-corrected chi connectivity index (χ4v) is 9.78. The Balaban J connectivity index is 0.947. The fourth-order valence-electron chi connectivity index (χ4n) is 9.78. The van der Waals surface area contributed by atoms with Crippen LogP contribution in [0.4, 0.5) is 0 Å². The van der Waals surface area contributed by atoms with Crippen molar-refractivity contribution in [2.24, 2.45) is 0 Å². The summed E-state index contributed by atoms with van der Waals surface area (Å²) < 4.78 is 4.80. The molecule has 13 rings (SSSR count). The van der Waals surface area contributed by atoms with E-state index in [1.807, 2.05) is 0 Å². The van der Waals surface area contributed by atoms with E-state index in [-0.39, 0.29) is 0 Å². The molecule has 268 valence electrons. The van der Waals surface area contributed by atoms with E-state index in [0.29, 0.717) is 0 Å². The zero-order chi connectivity index (χ0) is 37.9. The Labute approximate surface area is 334 Å². The highest BCUT2D eigenvalue weighted by Gasteiger charge is 2.23. The zero-order valence-electron chi connectivity index (χ0n) is 31.4. The van der Waals surface area contributed by atoms with Crippen molar-refractivity contribution in [1.29, 1.82) is 0 Å². The van der Waals surface area contributed by atoms with Crippen LogP contribution in [0.25, 0.3) is 121 Å². The van der Waals surface area contributed by atoms with Gasteiger partial charge in [0.15, 0.2) is 0 Å². The van der Waals surface area contributed by atoms with Crippen LogP contribution in [0.1, 0.15) is 0 Å². The van der Waals surface area contributed by atoms with E-state index in [1.54, 1.807) is 0 Å². The molecule has 1 aliphatic rings. The first-order valence-corrected chi connectivity index (χ1v) is 20.0. The van der Waals surface area contributed by atoms with Crippen molar-refractivity contribution < 1.29 is 0 Å². The molecule has 3 aromatic heterocycles. The van der Waals surface area contributed by atoms with Crippen LogP contribution < -0.4 is 0 Å². The van der Waals surface area contributed by atoms with E-state index in [4.69, 9.17) is 4.98 Å². The number of benzene rings is 9. The number of hydrogen-bond acceptors (Lipinski definition) is 1. The minimum Gasteiger partial charge on any atom is -0.309 e. The van der Waals surface area contributed by atoms with Crippen molar-refractivity contribution in [1.82, 2.24) is 14.1 Å². The van der Waals surface area contributed by atoms with E-state index in [0.717, 1.165) is 22.6 Å². The molecule has 0 saturated heterocycles. The van der Waals surface area contributed by atoms with Crippen LogP contribution in [0.2, 0.25) is 0 Å². The summed E-state index contributed by atoms with van der Waals surface area (Å²) in [7, 11) is 0. The van der Waals surface area contributed by atoms with Crippen LogP contribution in [0.5, 0.6) is 0 Å². The van der Waals surface area contributed by atoms with Crippen molar-refractivity contribution >= 4 is 65.2 Å². The van der Waals surface area contributed by atoms with Gasteiger partial charge in [0, 0.05) is 49.4 Å². The lowest BCUT2D eigenvalue weighted by atomic mass is 9.98. The number of pyridine rings is 1. The molecule has 58 heavy (non-hydrogen) atoms. The number of rotatable bonds is 4. The van der Waals surface area contributed by atoms with Gasteiger partial charge in [0.2, 0.25) is 0 Å². The highest BCUT2D eigenvalue weighted by molar-refractivity contribution is 6.16. The van der Waals surface area contributed by atoms with Crippen LogP contribution in [0.3, 0.4) is 0 Å². The van der Waals surface area contributed by atoms with Crippen LogP contribution in [0.15, 0.2) is 200 Å². The molecule has 0 bridgehead atoms. The number of hydrogen-bond donors (Lipinski definition) is 0. The maximum absolute atomic E-state index is 5.34. The third-order valence-electron chi connectivity index (χ3n) is 12.4. The van der Waals surface area contributed by atoms with Crippen molar-refractivity contribution in [3.8, 4) is 56.1 Å². The minimum atomic E-state index is 0.986. The third-order valence-corrected chi connectivity index (χ3v) is 12.4. The van der Waals surface area contributed by atoms with Gasteiger partial charge >= 0.3 is 0 Å². The normalized spacial score (nSPS) is 12.1. The lowest BCUT2D eigenvalue weighted by Gasteiger charge is -2.12. The van der Waals surface area contributed by atoms with E-state index in [2.05, 4.69) is 209 Å². The molecule has 0 aliphatic heterocycles. The van der Waals surface area contributed by atoms with Crippen molar-refractivity contribution in [2.75, 3.05) is 0 Å². The van der Waals surface area contributed by atoms with Gasteiger partial charge in [-0.3, -0.25) is 0 Å². The second-order valence-corrected chi connectivity index (χ2v) is 15.6. The summed E-state index contributed by atoms with van der Waals surface area (Å²) in [4.78, 5) is 5.34. The van der Waals surface area contributed by atoms with Gasteiger partial charge in [-0.15, -0.1) is 0 Å². The van der Waals surface area contributed by atoms with Crippen molar-refractivity contribution in [3.63, 3.8) is 0 Å². The Morgan fingerprint density at radius 2 is 0.948 bits per heavy atom. The molecular formula is C55H33N3. The predicted octanol–water partition coefficient (Wildman–Crippen LogP) is 14.6. The SMILES string of the molecule is c1ccc(-n2c3ccccc3c3cc(-c4ccc5cc6c(cc5c4)c4ccccc4n6-c4cccc(-c5cc6cccc7c6c(n5)-c5ccccc5-7)c4)ccc32)cc1. The third kappa shape index (κ3) is 4.47. The molecule has 9 aromatic carbocycles. The summed E-state index contributed by atoms with van der Waals surface area (Å²) in [6.07, 6.45) is 0. The Bertz CT molecular complexity index is 3680. The summed E-state index contributed by atoms with van der Waals surface area (Å²) in [5.74, 6) is 0. The van der Waals surface area contributed by atoms with Crippen molar-refractivity contribution in [2.45, 2.75) is 0 Å². The summed E-state index contributed by atoms with van der Waals surface area (Å²) in [5, 5.41) is 9.92. The Morgan fingerprint density at radius 3 is 1.79 bits per heavy atom. The minimum absolute atomic E-state index is 0.986. The molecule has 12 aromatic rings. The van der Waals surface area contributed by atoms with Gasteiger partial charge in [-0.2, -0.15) is 0 Å². The molecule has 0 unspecified atom stereocenters. The molecule has 0 spiro atoms. The fraction of sp³-hybridized carbons (Fsp3) is 0. The highest BCUT2D eigenvalue weighted by Crippen LogP contribution is 2.47. The average molecular weight is 736 g/mol. The number of nitrogens with zero attached hydrogens (tertiary/aromatic N) is 3. The highest BCUT2D eigenvalue weighted by atomic mass is 15.0. The molecular weight excluding hydrogens is 703 g/mol. The lowest BCUT2D eigenvalue weighted by Crippen LogP contribution is -1.95. The number of para-hydroxylation sites is 3. The molecule has 0 amide bonds. The predicted molar refractivity (Wildman–Crippen MR) is 243 cm³/mol. The monoisotopic (exact) mass is 735 g/mol. The average Bonchev–Trinajstić information content (AvgIpc) is 3.91. The van der Waals surface area contributed by atoms with Crippen LogP contribution in [-0.2, 0) is 0 Å². The van der Waals surface area contributed by atoms with Crippen LogP contribution in [-0.4, -0.2) is 14.1 Å². The molecule has 0 radical (unpaired) electrons. The Hall–Kier alpha value is -7.75. The molecule has 3 heterocycles. The standard InChI is InChI=1S/C55H33N3/c1-2-14-40(15-3-1)57-50-22-8-6-18-43(50)47-30-35(26-27-52(47)57)34-24-25-36-33-53-48(31-39(36)28-34)44-19-7-9-23-51(44)58(53)41-16-10-12-37(29-41)49-32-38-13-11-21-45-42-17-4-5-20-46(42)55(56-49)54(38)45/h1-33H. The van der Waals surface area contributed by atoms with Gasteiger partial charge in [-0.05, 0) is 111 Å². The van der Waals surface area contributed by atoms with E-state index in [9.17, 15) is 0 Å². The second-order valence-electron chi connectivity index (χ2n) is 15.6. The van der Waals surface area contributed by atoms with E-state index in [1.165, 1.54) is 98.7 Å². The molecule has 0 atom stereocenters. The van der Waals surface area contributed by atoms with Gasteiger partial charge in [-0.1, -0.05) is 127 Å². The summed E-state index contributed by atoms with van der Waals surface area (Å²) >= 11 is 0. The molecule has 1 aliphatic carbocycles. The maximum Gasteiger partial charge on any atom is 0.0800 e. The first kappa shape index (κ1) is 31.5. The first-order chi connectivity index (χ1) is 28.7. The van der Waals surface area contributed by atoms with Gasteiger partial charge in [-0.25, -0.2) is 4.98 Å². The van der Waals surface area contributed by atoms with Crippen LogP contribution >= 0.6 is 0 Å². The molecule has 3 nitrogen and oxygen atoms in total. The summed E-state index contributed by atoms with van der Waals surface area (Å²) in [6, 6.07) is 73.2. The Morgan fingerprint density at radius 1 is 0.310 bits per heavy atom. The number of fused-ring (bicyclic) bond motifs is 10. The molecule has 0 N–H and O–H groups in total. The van der Waals surface area contributed by atoms with E-state index < -0.39 is 0 Å². The largest absolute Gasteiger partial charge is 0.309 e. The Kier molecular flexibility index (Phi) is 6.44. The molecule has 3 heteroatoms. The quantitative estimate of drug-likeness (QED) is 0.176. The van der Waals surface area contributed by atoms with Gasteiger partial charge in [0.05, 0.1) is 33.5 Å². The second kappa shape index (κ2) is 11.9. The first-order valence-electron chi connectivity index (χ1n) is 20.0. The topological polar surface area (TPSA) is 22.8 Å². The zero-order valence-corrected chi connectivity index (χ0v) is 31.4. The van der Waals surface area contributed by atoms with Gasteiger partial charge < -0.3 is 9.13 Å². The smallest absolute Gasteiger partial charge is 0.0800 e. The maximum atomic E-state index is 5.34. The summed E-state index contributed by atoms with van der Waals surface area (Å²) in [5.41, 5.74) is 16.4. The van der Waals surface area contributed by atoms with Crippen LogP contribution in [0, 0.1) is 0 Å². The number of aromatic nitrogens is 3. The van der Waals surface area contributed by atoms with Crippen molar-refractivity contribution in [3.05, 3.63) is 200 Å². The lowest BCUT2D eigenvalue weighted by molar-refractivity contribution is 1.18.